The van der Waals surface area contributed by atoms with Crippen LogP contribution in [0.1, 0.15) is 57.2 Å². The second-order valence-corrected chi connectivity index (χ2v) is 9.65. The second-order valence-electron chi connectivity index (χ2n) is 9.65. The summed E-state index contributed by atoms with van der Waals surface area (Å²) in [4.78, 5) is 54.9. The number of carbonyl (C=O) groups excluding carboxylic acids is 4. The molecule has 0 aromatic heterocycles. The van der Waals surface area contributed by atoms with E-state index in [1.54, 1.807) is 41.3 Å². The summed E-state index contributed by atoms with van der Waals surface area (Å²) in [6, 6.07) is 19.8. The van der Waals surface area contributed by atoms with Crippen molar-refractivity contribution < 1.29 is 23.9 Å². The molecule has 2 aliphatic rings. The number of carbonyl (C=O) groups is 4. The van der Waals surface area contributed by atoms with Crippen molar-refractivity contribution in [1.82, 2.24) is 0 Å². The quantitative estimate of drug-likeness (QED) is 0.226. The molecule has 0 saturated carbocycles. The van der Waals surface area contributed by atoms with Gasteiger partial charge in [-0.05, 0) is 47.2 Å². The number of imide groups is 1. The molecule has 0 spiro atoms. The average molecular weight is 509 g/mol. The van der Waals surface area contributed by atoms with Gasteiger partial charge < -0.3 is 9.64 Å². The highest BCUT2D eigenvalue weighted by atomic mass is 16.5. The van der Waals surface area contributed by atoms with E-state index in [1.807, 2.05) is 43.3 Å². The van der Waals surface area contributed by atoms with Crippen LogP contribution in [0.15, 0.2) is 73.3 Å². The standard InChI is InChI=1S/C31H28N2O5/c1-3-22-13-14-26(32-16-15-27(32)34)29(33-30(36)23-11-7-8-12-24(23)31(33)37)25(22)17-20(2)18-28(35)38-19-21-9-5-4-6-10-21/h3-14,20H,1,15-19H2,2H3/t20-/m0/s1. The van der Waals surface area contributed by atoms with E-state index >= 15 is 0 Å². The van der Waals surface area contributed by atoms with Crippen LogP contribution in [0.4, 0.5) is 11.4 Å². The number of β-lactam (4-membered cyclic amide) rings is 1. The monoisotopic (exact) mass is 508 g/mol. The Labute approximate surface area is 221 Å². The number of esters is 1. The first-order valence-electron chi connectivity index (χ1n) is 12.6. The Balaban J connectivity index is 1.47. The van der Waals surface area contributed by atoms with Crippen LogP contribution in [0.25, 0.3) is 6.08 Å². The van der Waals surface area contributed by atoms with Crippen molar-refractivity contribution in [3.63, 3.8) is 0 Å². The van der Waals surface area contributed by atoms with Crippen LogP contribution in [-0.4, -0.2) is 30.2 Å². The highest BCUT2D eigenvalue weighted by Crippen LogP contribution is 2.42. The van der Waals surface area contributed by atoms with E-state index in [2.05, 4.69) is 6.58 Å². The maximum Gasteiger partial charge on any atom is 0.306 e. The first kappa shape index (κ1) is 25.1. The number of amides is 3. The highest BCUT2D eigenvalue weighted by Gasteiger charge is 2.41. The summed E-state index contributed by atoms with van der Waals surface area (Å²) in [5.41, 5.74) is 3.87. The van der Waals surface area contributed by atoms with Crippen LogP contribution in [-0.2, 0) is 27.4 Å². The minimum absolute atomic E-state index is 0.0716. The molecule has 38 heavy (non-hydrogen) atoms. The molecule has 5 rings (SSSR count). The van der Waals surface area contributed by atoms with Crippen LogP contribution in [0.5, 0.6) is 0 Å². The van der Waals surface area contributed by atoms with Crippen LogP contribution < -0.4 is 9.80 Å². The van der Waals surface area contributed by atoms with Gasteiger partial charge in [-0.3, -0.25) is 19.2 Å². The predicted octanol–water partition coefficient (Wildman–Crippen LogP) is 5.18. The van der Waals surface area contributed by atoms with Gasteiger partial charge in [0.25, 0.3) is 11.8 Å². The van der Waals surface area contributed by atoms with Crippen molar-refractivity contribution in [1.29, 1.82) is 0 Å². The lowest BCUT2D eigenvalue weighted by Gasteiger charge is -2.35. The van der Waals surface area contributed by atoms with E-state index in [0.29, 0.717) is 47.5 Å². The number of benzene rings is 3. The Hall–Kier alpha value is -4.52. The lowest BCUT2D eigenvalue weighted by Crippen LogP contribution is -2.45. The fourth-order valence-corrected chi connectivity index (χ4v) is 4.98. The van der Waals surface area contributed by atoms with Crippen LogP contribution in [0.3, 0.4) is 0 Å². The summed E-state index contributed by atoms with van der Waals surface area (Å²) in [5.74, 6) is -1.45. The molecule has 0 unspecified atom stereocenters. The number of ether oxygens (including phenoxy) is 1. The van der Waals surface area contributed by atoms with E-state index in [9.17, 15) is 19.2 Å². The van der Waals surface area contributed by atoms with Crippen LogP contribution in [0, 0.1) is 5.92 Å². The first-order valence-corrected chi connectivity index (χ1v) is 12.6. The van der Waals surface area contributed by atoms with E-state index in [1.165, 1.54) is 4.90 Å². The number of hydrogen-bond donors (Lipinski definition) is 0. The number of hydrogen-bond acceptors (Lipinski definition) is 5. The molecule has 2 aliphatic heterocycles. The third-order valence-electron chi connectivity index (χ3n) is 6.99. The maximum atomic E-state index is 13.5. The fourth-order valence-electron chi connectivity index (χ4n) is 4.98. The van der Waals surface area contributed by atoms with Crippen molar-refractivity contribution in [2.24, 2.45) is 5.92 Å². The highest BCUT2D eigenvalue weighted by molar-refractivity contribution is 6.35. The van der Waals surface area contributed by atoms with Crippen molar-refractivity contribution >= 4 is 41.1 Å². The van der Waals surface area contributed by atoms with Gasteiger partial charge in [0.15, 0.2) is 0 Å². The summed E-state index contributed by atoms with van der Waals surface area (Å²) in [6.07, 6.45) is 2.60. The first-order chi connectivity index (χ1) is 18.4. The Morgan fingerprint density at radius 3 is 2.21 bits per heavy atom. The normalized spacial score (nSPS) is 15.2. The van der Waals surface area contributed by atoms with Crippen LogP contribution in [0.2, 0.25) is 0 Å². The molecule has 0 N–H and O–H groups in total. The van der Waals surface area contributed by atoms with Gasteiger partial charge in [0.2, 0.25) is 5.91 Å². The smallest absolute Gasteiger partial charge is 0.306 e. The largest absolute Gasteiger partial charge is 0.461 e. The average Bonchev–Trinajstić information content (AvgIpc) is 3.17. The molecule has 3 aromatic rings. The molecular weight excluding hydrogens is 480 g/mol. The molecule has 2 heterocycles. The summed E-state index contributed by atoms with van der Waals surface area (Å²) in [5, 5.41) is 0. The molecule has 1 saturated heterocycles. The maximum absolute atomic E-state index is 13.5. The molecule has 0 aliphatic carbocycles. The minimum atomic E-state index is -0.433. The van der Waals surface area contributed by atoms with Crippen molar-refractivity contribution in [3.05, 3.63) is 101 Å². The summed E-state index contributed by atoms with van der Waals surface area (Å²) >= 11 is 0. The number of nitrogens with zero attached hydrogens (tertiary/aromatic N) is 2. The minimum Gasteiger partial charge on any atom is -0.461 e. The zero-order valence-electron chi connectivity index (χ0n) is 21.2. The lowest BCUT2D eigenvalue weighted by atomic mass is 9.91. The van der Waals surface area contributed by atoms with Gasteiger partial charge in [-0.1, -0.05) is 68.1 Å². The molecule has 192 valence electrons. The number of rotatable bonds is 9. The van der Waals surface area contributed by atoms with E-state index in [4.69, 9.17) is 4.74 Å². The lowest BCUT2D eigenvalue weighted by molar-refractivity contribution is -0.146. The van der Waals surface area contributed by atoms with Crippen molar-refractivity contribution in [2.75, 3.05) is 16.3 Å². The van der Waals surface area contributed by atoms with Crippen molar-refractivity contribution in [3.8, 4) is 0 Å². The summed E-state index contributed by atoms with van der Waals surface area (Å²) in [7, 11) is 0. The molecule has 1 atom stereocenters. The summed E-state index contributed by atoms with van der Waals surface area (Å²) < 4.78 is 5.47. The SMILES string of the molecule is C=Cc1ccc(N2CCC2=O)c(N2C(=O)c3ccccc3C2=O)c1C[C@H](C)CC(=O)OCc1ccccc1. The molecule has 7 nitrogen and oxygen atoms in total. The molecule has 0 bridgehead atoms. The van der Waals surface area contributed by atoms with Gasteiger partial charge in [-0.25, -0.2) is 4.90 Å². The topological polar surface area (TPSA) is 84.0 Å². The van der Waals surface area contributed by atoms with Gasteiger partial charge in [-0.2, -0.15) is 0 Å². The summed E-state index contributed by atoms with van der Waals surface area (Å²) in [6.45, 7) is 6.55. The molecule has 3 amide bonds. The van der Waals surface area contributed by atoms with Crippen molar-refractivity contribution in [2.45, 2.75) is 32.8 Å². The van der Waals surface area contributed by atoms with Gasteiger partial charge in [0.05, 0.1) is 22.5 Å². The third-order valence-corrected chi connectivity index (χ3v) is 6.99. The zero-order valence-corrected chi connectivity index (χ0v) is 21.2. The van der Waals surface area contributed by atoms with Gasteiger partial charge in [0, 0.05) is 19.4 Å². The van der Waals surface area contributed by atoms with E-state index < -0.39 is 11.8 Å². The van der Waals surface area contributed by atoms with E-state index in [-0.39, 0.29) is 30.8 Å². The second kappa shape index (κ2) is 10.5. The Bertz CT molecular complexity index is 1410. The zero-order chi connectivity index (χ0) is 26.8. The Morgan fingerprint density at radius 1 is 0.974 bits per heavy atom. The van der Waals surface area contributed by atoms with Crippen LogP contribution >= 0.6 is 0 Å². The molecular formula is C31H28N2O5. The Morgan fingerprint density at radius 2 is 1.63 bits per heavy atom. The molecule has 1 fully saturated rings. The molecule has 0 radical (unpaired) electrons. The predicted molar refractivity (Wildman–Crippen MR) is 145 cm³/mol. The van der Waals surface area contributed by atoms with Gasteiger partial charge in [0.1, 0.15) is 6.61 Å². The van der Waals surface area contributed by atoms with Gasteiger partial charge in [-0.15, -0.1) is 0 Å². The third kappa shape index (κ3) is 4.63. The number of anilines is 2. The molecule has 3 aromatic carbocycles. The molecule has 7 heteroatoms. The van der Waals surface area contributed by atoms with E-state index in [0.717, 1.165) is 11.1 Å². The van der Waals surface area contributed by atoms with Gasteiger partial charge >= 0.3 is 5.97 Å². The Kier molecular flexibility index (Phi) is 6.92. The number of fused-ring (bicyclic) bond motifs is 1. The fraction of sp³-hybridized carbons (Fsp3) is 0.226.